The highest BCUT2D eigenvalue weighted by atomic mass is 16.5. The zero-order chi connectivity index (χ0) is 24.7. The van der Waals surface area contributed by atoms with Crippen LogP contribution in [0.5, 0.6) is 0 Å². The van der Waals surface area contributed by atoms with Gasteiger partial charge in [0.25, 0.3) is 5.56 Å². The lowest BCUT2D eigenvalue weighted by atomic mass is 10.2. The first-order valence-corrected chi connectivity index (χ1v) is 11.7. The number of nitrogens with two attached hydrogens (primary N) is 1. The minimum absolute atomic E-state index is 0.00371. The van der Waals surface area contributed by atoms with E-state index in [4.69, 9.17) is 10.5 Å². The molecule has 1 fully saturated rings. The maximum atomic E-state index is 13.4. The molecule has 2 heterocycles. The summed E-state index contributed by atoms with van der Waals surface area (Å²) in [5.41, 5.74) is 6.01. The molecule has 2 aromatic rings. The molecule has 0 atom stereocenters. The number of rotatable bonds is 10. The smallest absolute Gasteiger partial charge is 0.330 e. The summed E-state index contributed by atoms with van der Waals surface area (Å²) >= 11 is 0. The van der Waals surface area contributed by atoms with Crippen molar-refractivity contribution in [2.75, 3.05) is 70.2 Å². The summed E-state index contributed by atoms with van der Waals surface area (Å²) < 4.78 is 6.45. The van der Waals surface area contributed by atoms with E-state index in [0.29, 0.717) is 13.2 Å². The quantitative estimate of drug-likeness (QED) is 0.515. The molecule has 1 aromatic carbocycles. The number of benzene rings is 1. The maximum Gasteiger partial charge on any atom is 0.330 e. The number of hydrogen-bond acceptors (Lipinski definition) is 7. The number of aromatic nitrogens is 2. The van der Waals surface area contributed by atoms with Gasteiger partial charge < -0.3 is 15.4 Å². The first-order chi connectivity index (χ1) is 16.3. The number of ether oxygens (including phenoxy) is 1. The third-order valence-corrected chi connectivity index (χ3v) is 5.95. The van der Waals surface area contributed by atoms with Crippen molar-refractivity contribution >= 4 is 17.4 Å². The number of carbonyl (C=O) groups is 1. The maximum absolute atomic E-state index is 13.4. The normalized spacial score (nSPS) is 15.1. The Morgan fingerprint density at radius 1 is 1.12 bits per heavy atom. The molecule has 0 saturated carbocycles. The summed E-state index contributed by atoms with van der Waals surface area (Å²) in [5.74, 6) is -0.111. The summed E-state index contributed by atoms with van der Waals surface area (Å²) in [6.07, 6.45) is 0. The van der Waals surface area contributed by atoms with Gasteiger partial charge in [0, 0.05) is 46.4 Å². The van der Waals surface area contributed by atoms with Crippen molar-refractivity contribution in [2.24, 2.45) is 5.92 Å². The van der Waals surface area contributed by atoms with Crippen LogP contribution >= 0.6 is 0 Å². The van der Waals surface area contributed by atoms with Crippen LogP contribution in [0, 0.1) is 5.92 Å². The average molecular weight is 473 g/mol. The average Bonchev–Trinajstić information content (AvgIpc) is 2.81. The minimum atomic E-state index is -0.648. The topological polar surface area (TPSA) is 117 Å². The number of H-pyrrole nitrogens is 1. The first kappa shape index (κ1) is 25.7. The lowest BCUT2D eigenvalue weighted by Gasteiger charge is -2.35. The van der Waals surface area contributed by atoms with Gasteiger partial charge in [-0.3, -0.25) is 28.9 Å². The van der Waals surface area contributed by atoms with Crippen LogP contribution in [0.25, 0.3) is 0 Å². The van der Waals surface area contributed by atoms with Gasteiger partial charge in [0.05, 0.1) is 19.7 Å². The number of nitrogen functional groups attached to an aromatic ring is 1. The van der Waals surface area contributed by atoms with Gasteiger partial charge in [0.2, 0.25) is 5.91 Å². The van der Waals surface area contributed by atoms with Crippen LogP contribution in [-0.4, -0.2) is 84.8 Å². The van der Waals surface area contributed by atoms with E-state index in [1.807, 2.05) is 44.2 Å². The molecule has 10 nitrogen and oxygen atoms in total. The van der Waals surface area contributed by atoms with Crippen molar-refractivity contribution < 1.29 is 9.53 Å². The van der Waals surface area contributed by atoms with Gasteiger partial charge in [-0.25, -0.2) is 4.79 Å². The number of nitrogens with zero attached hydrogens (tertiary/aromatic N) is 4. The molecule has 1 aliphatic rings. The molecule has 0 unspecified atom stereocenters. The van der Waals surface area contributed by atoms with E-state index in [1.54, 1.807) is 7.11 Å². The number of carbonyl (C=O) groups excluding carboxylic acids is 1. The van der Waals surface area contributed by atoms with Crippen LogP contribution in [0.1, 0.15) is 19.4 Å². The number of amides is 1. The van der Waals surface area contributed by atoms with Crippen molar-refractivity contribution in [1.82, 2.24) is 19.4 Å². The standard InChI is InChI=1S/C24H36N6O4/c1-18(2)15-29(20(31)17-28-11-9-27(10-12-28)13-14-34-3)21-22(25)30(24(33)26-23(21)32)16-19-7-5-4-6-8-19/h4-8,18H,9-17,25H2,1-3H3,(H,26,32,33). The Balaban J connectivity index is 1.83. The fourth-order valence-electron chi connectivity index (χ4n) is 4.11. The number of nitrogens with one attached hydrogen (secondary N) is 1. The zero-order valence-corrected chi connectivity index (χ0v) is 20.3. The Kier molecular flexibility index (Phi) is 9.03. The van der Waals surface area contributed by atoms with E-state index in [0.717, 1.165) is 38.3 Å². The van der Waals surface area contributed by atoms with Gasteiger partial charge in [0.1, 0.15) is 5.82 Å². The molecule has 3 rings (SSSR count). The fraction of sp³-hybridized carbons (Fsp3) is 0.542. The number of hydrogen-bond donors (Lipinski definition) is 2. The van der Waals surface area contributed by atoms with Crippen LogP contribution in [0.3, 0.4) is 0 Å². The first-order valence-electron chi connectivity index (χ1n) is 11.7. The highest BCUT2D eigenvalue weighted by Crippen LogP contribution is 2.20. The van der Waals surface area contributed by atoms with Gasteiger partial charge in [-0.1, -0.05) is 44.2 Å². The molecule has 3 N–H and O–H groups in total. The van der Waals surface area contributed by atoms with Crippen molar-refractivity contribution in [3.05, 3.63) is 56.7 Å². The molecule has 1 amide bonds. The number of anilines is 2. The predicted molar refractivity (Wildman–Crippen MR) is 133 cm³/mol. The second kappa shape index (κ2) is 12.0. The second-order valence-electron chi connectivity index (χ2n) is 9.07. The summed E-state index contributed by atoms with van der Waals surface area (Å²) in [6, 6.07) is 9.37. The summed E-state index contributed by atoms with van der Waals surface area (Å²) in [4.78, 5) is 47.0. The molecule has 0 bridgehead atoms. The van der Waals surface area contributed by atoms with Crippen molar-refractivity contribution in [3.8, 4) is 0 Å². The Morgan fingerprint density at radius 2 is 1.76 bits per heavy atom. The summed E-state index contributed by atoms with van der Waals surface area (Å²) in [5, 5.41) is 0. The molecule has 10 heteroatoms. The molecular formula is C24H36N6O4. The van der Waals surface area contributed by atoms with Crippen molar-refractivity contribution in [3.63, 3.8) is 0 Å². The van der Waals surface area contributed by atoms with Gasteiger partial charge in [-0.2, -0.15) is 0 Å². The largest absolute Gasteiger partial charge is 0.383 e. The van der Waals surface area contributed by atoms with E-state index >= 15 is 0 Å². The molecule has 1 aliphatic heterocycles. The van der Waals surface area contributed by atoms with Crippen LogP contribution in [0.2, 0.25) is 0 Å². The van der Waals surface area contributed by atoms with Gasteiger partial charge in [-0.05, 0) is 11.5 Å². The van der Waals surface area contributed by atoms with E-state index in [9.17, 15) is 14.4 Å². The molecule has 0 aliphatic carbocycles. The Hall–Kier alpha value is -2.95. The van der Waals surface area contributed by atoms with E-state index in [1.165, 1.54) is 9.47 Å². The van der Waals surface area contributed by atoms with Gasteiger partial charge in [0.15, 0.2) is 5.69 Å². The summed E-state index contributed by atoms with van der Waals surface area (Å²) in [7, 11) is 1.69. The third-order valence-electron chi connectivity index (χ3n) is 5.95. The van der Waals surface area contributed by atoms with Crippen molar-refractivity contribution in [1.29, 1.82) is 0 Å². The van der Waals surface area contributed by atoms with Crippen LogP contribution in [0.15, 0.2) is 39.9 Å². The van der Waals surface area contributed by atoms with E-state index in [-0.39, 0.29) is 36.4 Å². The van der Waals surface area contributed by atoms with Gasteiger partial charge >= 0.3 is 5.69 Å². The van der Waals surface area contributed by atoms with Crippen LogP contribution < -0.4 is 21.9 Å². The number of aromatic amines is 1. The lowest BCUT2D eigenvalue weighted by Crippen LogP contribution is -2.52. The second-order valence-corrected chi connectivity index (χ2v) is 9.07. The monoisotopic (exact) mass is 472 g/mol. The Bertz CT molecular complexity index is 1060. The Morgan fingerprint density at radius 3 is 2.38 bits per heavy atom. The SMILES string of the molecule is COCCN1CCN(CC(=O)N(CC(C)C)c2c(N)n(Cc3ccccc3)c(=O)[nH]c2=O)CC1. The molecule has 1 saturated heterocycles. The molecule has 34 heavy (non-hydrogen) atoms. The van der Waals surface area contributed by atoms with E-state index < -0.39 is 11.2 Å². The fourth-order valence-corrected chi connectivity index (χ4v) is 4.11. The van der Waals surface area contributed by atoms with Crippen LogP contribution in [-0.2, 0) is 16.1 Å². The van der Waals surface area contributed by atoms with Crippen LogP contribution in [0.4, 0.5) is 11.5 Å². The van der Waals surface area contributed by atoms with E-state index in [2.05, 4.69) is 14.8 Å². The highest BCUT2D eigenvalue weighted by Gasteiger charge is 2.27. The lowest BCUT2D eigenvalue weighted by molar-refractivity contribution is -0.120. The zero-order valence-electron chi connectivity index (χ0n) is 20.3. The molecule has 1 aromatic heterocycles. The number of methoxy groups -OCH3 is 1. The molecular weight excluding hydrogens is 436 g/mol. The molecule has 186 valence electrons. The third kappa shape index (κ3) is 6.55. The van der Waals surface area contributed by atoms with Gasteiger partial charge in [-0.15, -0.1) is 0 Å². The Labute approximate surface area is 199 Å². The highest BCUT2D eigenvalue weighted by molar-refractivity contribution is 5.96. The molecule has 0 spiro atoms. The minimum Gasteiger partial charge on any atom is -0.383 e. The number of piperazine rings is 1. The summed E-state index contributed by atoms with van der Waals surface area (Å²) in [6.45, 7) is 9.41. The van der Waals surface area contributed by atoms with Crippen molar-refractivity contribution in [2.45, 2.75) is 20.4 Å². The molecule has 0 radical (unpaired) electrons. The predicted octanol–water partition coefficient (Wildman–Crippen LogP) is 0.420.